The minimum absolute atomic E-state index is 0.209. The summed E-state index contributed by atoms with van der Waals surface area (Å²) in [4.78, 5) is 16.9. The van der Waals surface area contributed by atoms with Gasteiger partial charge in [0.15, 0.2) is 5.65 Å². The lowest BCUT2D eigenvalue weighted by atomic mass is 10.1. The van der Waals surface area contributed by atoms with E-state index in [-0.39, 0.29) is 5.91 Å². The Morgan fingerprint density at radius 3 is 2.73 bits per heavy atom. The number of nitrogens with one attached hydrogen (secondary N) is 1. The van der Waals surface area contributed by atoms with Gasteiger partial charge in [0.05, 0.1) is 11.9 Å². The number of carbonyl (C=O) groups is 1. The van der Waals surface area contributed by atoms with Crippen LogP contribution < -0.4 is 5.32 Å². The van der Waals surface area contributed by atoms with Gasteiger partial charge >= 0.3 is 0 Å². The van der Waals surface area contributed by atoms with Crippen molar-refractivity contribution in [2.45, 2.75) is 6.54 Å². The van der Waals surface area contributed by atoms with E-state index in [9.17, 15) is 4.79 Å². The molecule has 0 aliphatic carbocycles. The molecule has 6 heteroatoms. The average molecular weight is 363 g/mol. The minimum Gasteiger partial charge on any atom is -0.348 e. The minimum atomic E-state index is -0.209. The van der Waals surface area contributed by atoms with E-state index in [1.165, 1.54) is 6.20 Å². The molecule has 0 bridgehead atoms. The summed E-state index contributed by atoms with van der Waals surface area (Å²) in [6.07, 6.45) is 3.21. The van der Waals surface area contributed by atoms with Gasteiger partial charge in [-0.2, -0.15) is 5.10 Å². The van der Waals surface area contributed by atoms with Crippen molar-refractivity contribution >= 4 is 23.2 Å². The summed E-state index contributed by atoms with van der Waals surface area (Å²) in [6.45, 7) is 0.449. The van der Waals surface area contributed by atoms with E-state index >= 15 is 0 Å². The van der Waals surface area contributed by atoms with Crippen LogP contribution in [0.1, 0.15) is 15.9 Å². The second kappa shape index (κ2) is 6.98. The Labute approximate surface area is 155 Å². The highest BCUT2D eigenvalue weighted by Crippen LogP contribution is 2.23. The molecule has 0 saturated heterocycles. The van der Waals surface area contributed by atoms with Crippen LogP contribution in [0.5, 0.6) is 0 Å². The number of benzene rings is 2. The lowest BCUT2D eigenvalue weighted by Crippen LogP contribution is -2.22. The van der Waals surface area contributed by atoms with E-state index in [0.29, 0.717) is 22.8 Å². The van der Waals surface area contributed by atoms with Gasteiger partial charge in [-0.05, 0) is 23.8 Å². The molecule has 4 aromatic rings. The standard InChI is InChI=1S/C20H15ClN4O/c21-16-8-4-7-15(11-16)18-9-10-22-19-17(13-24-25(18)19)20(26)23-12-14-5-2-1-3-6-14/h1-11,13H,12H2,(H,23,26). The number of hydrogen-bond acceptors (Lipinski definition) is 3. The second-order valence-electron chi connectivity index (χ2n) is 5.80. The number of rotatable bonds is 4. The zero-order valence-electron chi connectivity index (χ0n) is 13.8. The normalized spacial score (nSPS) is 10.8. The monoisotopic (exact) mass is 362 g/mol. The summed E-state index contributed by atoms with van der Waals surface area (Å²) in [5.74, 6) is -0.209. The molecule has 0 saturated carbocycles. The van der Waals surface area contributed by atoms with Crippen molar-refractivity contribution in [1.29, 1.82) is 0 Å². The Hall–Kier alpha value is -3.18. The summed E-state index contributed by atoms with van der Waals surface area (Å²) >= 11 is 6.09. The van der Waals surface area contributed by atoms with Gasteiger partial charge in [-0.1, -0.05) is 54.1 Å². The molecule has 0 radical (unpaired) electrons. The van der Waals surface area contributed by atoms with Crippen molar-refractivity contribution in [2.24, 2.45) is 0 Å². The number of fused-ring (bicyclic) bond motifs is 1. The van der Waals surface area contributed by atoms with Crippen LogP contribution in [0.4, 0.5) is 0 Å². The van der Waals surface area contributed by atoms with Crippen molar-refractivity contribution < 1.29 is 4.79 Å². The molecule has 128 valence electrons. The zero-order valence-corrected chi connectivity index (χ0v) is 14.5. The smallest absolute Gasteiger partial charge is 0.257 e. The van der Waals surface area contributed by atoms with E-state index in [0.717, 1.165) is 16.8 Å². The van der Waals surface area contributed by atoms with Gasteiger partial charge in [-0.25, -0.2) is 9.50 Å². The molecule has 2 aromatic heterocycles. The molecule has 0 fully saturated rings. The van der Waals surface area contributed by atoms with Gasteiger partial charge in [0, 0.05) is 23.3 Å². The van der Waals surface area contributed by atoms with Gasteiger partial charge in [-0.15, -0.1) is 0 Å². The molecular formula is C20H15ClN4O. The molecule has 1 amide bonds. The summed E-state index contributed by atoms with van der Waals surface area (Å²) in [7, 11) is 0. The largest absolute Gasteiger partial charge is 0.348 e. The van der Waals surface area contributed by atoms with E-state index in [1.54, 1.807) is 10.7 Å². The fourth-order valence-electron chi connectivity index (χ4n) is 2.79. The predicted octanol–water partition coefficient (Wildman–Crippen LogP) is 3.98. The predicted molar refractivity (Wildman–Crippen MR) is 101 cm³/mol. The van der Waals surface area contributed by atoms with Crippen LogP contribution in [0.2, 0.25) is 5.02 Å². The number of hydrogen-bond donors (Lipinski definition) is 1. The topological polar surface area (TPSA) is 59.3 Å². The van der Waals surface area contributed by atoms with Gasteiger partial charge in [0.1, 0.15) is 5.56 Å². The highest BCUT2D eigenvalue weighted by atomic mass is 35.5. The van der Waals surface area contributed by atoms with Crippen LogP contribution in [-0.2, 0) is 6.54 Å². The molecule has 4 rings (SSSR count). The third-order valence-corrected chi connectivity index (χ3v) is 4.30. The maximum atomic E-state index is 12.6. The number of amides is 1. The first-order valence-electron chi connectivity index (χ1n) is 8.13. The second-order valence-corrected chi connectivity index (χ2v) is 6.24. The number of nitrogens with zero attached hydrogens (tertiary/aromatic N) is 3. The number of carbonyl (C=O) groups excluding carboxylic acids is 1. The molecule has 0 aliphatic heterocycles. The van der Waals surface area contributed by atoms with E-state index in [2.05, 4.69) is 15.4 Å². The number of halogens is 1. The number of aromatic nitrogens is 3. The summed E-state index contributed by atoms with van der Waals surface area (Å²) in [6, 6.07) is 19.1. The van der Waals surface area contributed by atoms with Gasteiger partial charge in [0.25, 0.3) is 5.91 Å². The van der Waals surface area contributed by atoms with Crippen LogP contribution in [0.15, 0.2) is 73.1 Å². The molecule has 1 N–H and O–H groups in total. The van der Waals surface area contributed by atoms with E-state index < -0.39 is 0 Å². The SMILES string of the molecule is O=C(NCc1ccccc1)c1cnn2c(-c3cccc(Cl)c3)ccnc12. The highest BCUT2D eigenvalue weighted by molar-refractivity contribution is 6.30. The third-order valence-electron chi connectivity index (χ3n) is 4.06. The molecule has 0 spiro atoms. The van der Waals surface area contributed by atoms with Crippen LogP contribution in [0, 0.1) is 0 Å². The first-order chi connectivity index (χ1) is 12.7. The van der Waals surface area contributed by atoms with Crippen molar-refractivity contribution in [2.75, 3.05) is 0 Å². The average Bonchev–Trinajstić information content (AvgIpc) is 3.11. The van der Waals surface area contributed by atoms with Crippen LogP contribution in [0.25, 0.3) is 16.9 Å². The Bertz CT molecular complexity index is 1080. The molecule has 2 heterocycles. The fraction of sp³-hybridized carbons (Fsp3) is 0.0500. The van der Waals surface area contributed by atoms with Crippen molar-refractivity contribution in [3.63, 3.8) is 0 Å². The molecule has 0 unspecified atom stereocenters. The van der Waals surface area contributed by atoms with Crippen molar-refractivity contribution in [3.8, 4) is 11.3 Å². The first kappa shape index (κ1) is 16.3. The van der Waals surface area contributed by atoms with E-state index in [4.69, 9.17) is 11.6 Å². The van der Waals surface area contributed by atoms with Gasteiger partial charge in [0.2, 0.25) is 0 Å². The van der Waals surface area contributed by atoms with E-state index in [1.807, 2.05) is 60.7 Å². The Balaban J connectivity index is 1.65. The van der Waals surface area contributed by atoms with Gasteiger partial charge in [-0.3, -0.25) is 4.79 Å². The third kappa shape index (κ3) is 3.17. The maximum Gasteiger partial charge on any atom is 0.257 e. The van der Waals surface area contributed by atoms with Crippen LogP contribution >= 0.6 is 11.6 Å². The molecular weight excluding hydrogens is 348 g/mol. The summed E-state index contributed by atoms with van der Waals surface area (Å²) < 4.78 is 1.66. The van der Waals surface area contributed by atoms with Crippen LogP contribution in [-0.4, -0.2) is 20.5 Å². The Kier molecular flexibility index (Phi) is 4.37. The molecule has 26 heavy (non-hydrogen) atoms. The lowest BCUT2D eigenvalue weighted by molar-refractivity contribution is 0.0952. The molecule has 2 aromatic carbocycles. The van der Waals surface area contributed by atoms with Gasteiger partial charge < -0.3 is 5.32 Å². The molecule has 0 aliphatic rings. The molecule has 0 atom stereocenters. The summed E-state index contributed by atoms with van der Waals surface area (Å²) in [5.41, 5.74) is 3.70. The van der Waals surface area contributed by atoms with Crippen molar-refractivity contribution in [1.82, 2.24) is 19.9 Å². The lowest BCUT2D eigenvalue weighted by Gasteiger charge is -2.06. The first-order valence-corrected chi connectivity index (χ1v) is 8.51. The zero-order chi connectivity index (χ0) is 17.9. The quantitative estimate of drug-likeness (QED) is 0.597. The fourth-order valence-corrected chi connectivity index (χ4v) is 2.98. The van der Waals surface area contributed by atoms with Crippen LogP contribution in [0.3, 0.4) is 0 Å². The Morgan fingerprint density at radius 1 is 1.08 bits per heavy atom. The summed E-state index contributed by atoms with van der Waals surface area (Å²) in [5, 5.41) is 7.90. The Morgan fingerprint density at radius 2 is 1.92 bits per heavy atom. The van der Waals surface area contributed by atoms with Crippen molar-refractivity contribution in [3.05, 3.63) is 89.2 Å². The maximum absolute atomic E-state index is 12.6. The molecule has 5 nitrogen and oxygen atoms in total. The highest BCUT2D eigenvalue weighted by Gasteiger charge is 2.16.